The predicted octanol–water partition coefficient (Wildman–Crippen LogP) is -0.0425. The number of fused-ring (bicyclic) bond motifs is 1. The first-order chi connectivity index (χ1) is 14.3. The van der Waals surface area contributed by atoms with Crippen LogP contribution in [0.5, 0.6) is 5.75 Å². The first-order valence-corrected chi connectivity index (χ1v) is 10.2. The largest absolute Gasteiger partial charge is 1.00 e. The molecule has 166 valence electrons. The molecule has 33 heavy (non-hydrogen) atoms. The van der Waals surface area contributed by atoms with E-state index in [-0.39, 0.29) is 74.5 Å². The Morgan fingerprint density at radius 1 is 1.03 bits per heavy atom. The molecule has 1 aromatic heterocycles. The van der Waals surface area contributed by atoms with Crippen LogP contribution in [0.1, 0.15) is 5.69 Å². The van der Waals surface area contributed by atoms with E-state index in [1.165, 1.54) is 16.8 Å². The molecule has 3 aromatic carbocycles. The average Bonchev–Trinajstić information content (AvgIpc) is 3.00. The number of aromatic nitrogens is 2. The molecule has 1 heterocycles. The summed E-state index contributed by atoms with van der Waals surface area (Å²) in [5, 5.41) is 22.9. The standard InChI is InChI=1S/C20H15N4O5S.Cr.Na.H2O/c1-12-18(20(26)24(23-12)13-7-3-2-4-8-13)21-22-19-15-10-6-5-9-14(15)17(11-16(19)25)30(27,28)29;;;/h2-11,25H,1H3,(H,27,28,29);;;1H2/q-1;;+1;. The third-order valence-corrected chi connectivity index (χ3v) is 5.37. The molecule has 0 radical (unpaired) electrons. The predicted molar refractivity (Wildman–Crippen MR) is 113 cm³/mol. The van der Waals surface area contributed by atoms with Gasteiger partial charge in [-0.3, -0.25) is 4.55 Å². The zero-order chi connectivity index (χ0) is 21.5. The van der Waals surface area contributed by atoms with Crippen LogP contribution in [-0.4, -0.2) is 33.3 Å². The summed E-state index contributed by atoms with van der Waals surface area (Å²) in [6, 6.07) is 15.9. The van der Waals surface area contributed by atoms with Crippen LogP contribution in [-0.2, 0) is 27.5 Å². The maximum atomic E-state index is 12.7. The smallest absolute Gasteiger partial charge is 0.506 e. The van der Waals surface area contributed by atoms with Gasteiger partial charge in [0.25, 0.3) is 10.1 Å². The van der Waals surface area contributed by atoms with Crippen LogP contribution < -0.4 is 35.1 Å². The van der Waals surface area contributed by atoms with E-state index >= 15 is 0 Å². The molecular weight excluding hydrogens is 499 g/mol. The van der Waals surface area contributed by atoms with Gasteiger partial charge in [0.05, 0.1) is 5.69 Å². The second kappa shape index (κ2) is 11.2. The molecule has 0 bridgehead atoms. The summed E-state index contributed by atoms with van der Waals surface area (Å²) in [6.45, 7) is 1.61. The SMILES string of the molecule is Cc1nn(-c2ccccc2)c(=O)[c-]1N=Nc1c(O)cc(S(=O)(=O)O)c2ccccc12.O.[Cr].[Na+]. The third kappa shape index (κ3) is 5.63. The van der Waals surface area contributed by atoms with E-state index in [1.807, 2.05) is 6.07 Å². The Morgan fingerprint density at radius 3 is 2.21 bits per heavy atom. The Balaban J connectivity index is 0.00000181. The molecule has 0 aliphatic carbocycles. The van der Waals surface area contributed by atoms with E-state index < -0.39 is 26.3 Å². The summed E-state index contributed by atoms with van der Waals surface area (Å²) < 4.78 is 34.0. The van der Waals surface area contributed by atoms with Crippen LogP contribution in [0.2, 0.25) is 0 Å². The molecule has 0 unspecified atom stereocenters. The molecule has 4 rings (SSSR count). The summed E-state index contributed by atoms with van der Waals surface area (Å²) >= 11 is 0. The van der Waals surface area contributed by atoms with Crippen LogP contribution in [0, 0.1) is 6.92 Å². The molecule has 0 saturated heterocycles. The minimum absolute atomic E-state index is 0. The summed E-state index contributed by atoms with van der Waals surface area (Å²) in [7, 11) is -4.57. The average molecular weight is 516 g/mol. The Kier molecular flexibility index (Phi) is 9.80. The Labute approximate surface area is 221 Å². The van der Waals surface area contributed by atoms with Crippen molar-refractivity contribution in [2.45, 2.75) is 11.8 Å². The molecule has 13 heteroatoms. The molecule has 10 nitrogen and oxygen atoms in total. The Hall–Kier alpha value is -2.27. The van der Waals surface area contributed by atoms with Crippen LogP contribution in [0.25, 0.3) is 16.5 Å². The number of hydrogen-bond acceptors (Lipinski definition) is 7. The van der Waals surface area contributed by atoms with Crippen molar-refractivity contribution < 1.29 is 70.5 Å². The number of azo groups is 1. The number of hydrogen-bond donors (Lipinski definition) is 2. The van der Waals surface area contributed by atoms with Gasteiger partial charge in [0.2, 0.25) is 0 Å². The summed E-state index contributed by atoms with van der Waals surface area (Å²) in [5.74, 6) is -0.509. The van der Waals surface area contributed by atoms with Gasteiger partial charge in [0.1, 0.15) is 21.9 Å². The summed E-state index contributed by atoms with van der Waals surface area (Å²) in [5.41, 5.74) is 0.370. The molecule has 4 N–H and O–H groups in total. The molecule has 0 saturated carbocycles. The van der Waals surface area contributed by atoms with Gasteiger partial charge in [0, 0.05) is 34.2 Å². The van der Waals surface area contributed by atoms with Crippen LogP contribution >= 0.6 is 0 Å². The number of aromatic hydroxyl groups is 1. The summed E-state index contributed by atoms with van der Waals surface area (Å²) in [6.07, 6.45) is 0. The topological polar surface area (TPSA) is 166 Å². The van der Waals surface area contributed by atoms with Crippen LogP contribution in [0.15, 0.2) is 80.6 Å². The fourth-order valence-corrected chi connectivity index (χ4v) is 3.80. The molecular formula is C20H17CrN4NaO6S. The number of phenolic OH excluding ortho intramolecular Hbond substituents is 1. The van der Waals surface area contributed by atoms with Gasteiger partial charge in [-0.05, 0) is 12.1 Å². The second-order valence-electron chi connectivity index (χ2n) is 6.45. The number of aryl methyl sites for hydroxylation is 1. The molecule has 0 atom stereocenters. The van der Waals surface area contributed by atoms with E-state index in [4.69, 9.17) is 0 Å². The molecule has 0 aliphatic heterocycles. The minimum atomic E-state index is -4.57. The minimum Gasteiger partial charge on any atom is -0.506 e. The zero-order valence-electron chi connectivity index (χ0n) is 17.5. The Morgan fingerprint density at radius 2 is 1.61 bits per heavy atom. The second-order valence-corrected chi connectivity index (χ2v) is 7.84. The van der Waals surface area contributed by atoms with Crippen molar-refractivity contribution in [3.8, 4) is 11.4 Å². The van der Waals surface area contributed by atoms with Gasteiger partial charge in [-0.1, -0.05) is 55.1 Å². The van der Waals surface area contributed by atoms with Crippen molar-refractivity contribution in [3.63, 3.8) is 0 Å². The monoisotopic (exact) mass is 516 g/mol. The van der Waals surface area contributed by atoms with Gasteiger partial charge in [-0.2, -0.15) is 13.5 Å². The van der Waals surface area contributed by atoms with Crippen LogP contribution in [0.4, 0.5) is 11.4 Å². The summed E-state index contributed by atoms with van der Waals surface area (Å²) in [4.78, 5) is 12.3. The van der Waals surface area contributed by atoms with E-state index in [0.717, 1.165) is 6.07 Å². The Bertz CT molecular complexity index is 1470. The van der Waals surface area contributed by atoms with E-state index in [9.17, 15) is 22.9 Å². The zero-order valence-corrected chi connectivity index (χ0v) is 21.6. The number of nitrogens with zero attached hydrogens (tertiary/aromatic N) is 4. The number of para-hydroxylation sites is 1. The van der Waals surface area contributed by atoms with Crippen molar-refractivity contribution in [3.05, 3.63) is 76.7 Å². The fourth-order valence-electron chi connectivity index (χ4n) is 3.09. The first-order valence-electron chi connectivity index (χ1n) is 8.73. The molecule has 0 spiro atoms. The van der Waals surface area contributed by atoms with Crippen molar-refractivity contribution in [1.29, 1.82) is 0 Å². The van der Waals surface area contributed by atoms with Gasteiger partial charge in [-0.15, -0.1) is 5.69 Å². The molecule has 4 aromatic rings. The van der Waals surface area contributed by atoms with Crippen LogP contribution in [0.3, 0.4) is 0 Å². The van der Waals surface area contributed by atoms with Crippen molar-refractivity contribution in [1.82, 2.24) is 9.78 Å². The normalized spacial score (nSPS) is 11.0. The maximum Gasteiger partial charge on any atom is 1.00 e. The van der Waals surface area contributed by atoms with Gasteiger partial charge in [0.15, 0.2) is 0 Å². The van der Waals surface area contributed by atoms with E-state index in [1.54, 1.807) is 43.3 Å². The van der Waals surface area contributed by atoms with E-state index in [2.05, 4.69) is 15.3 Å². The first kappa shape index (κ1) is 28.8. The van der Waals surface area contributed by atoms with Gasteiger partial charge < -0.3 is 20.5 Å². The van der Waals surface area contributed by atoms with Crippen molar-refractivity contribution in [2.24, 2.45) is 10.2 Å². The van der Waals surface area contributed by atoms with Crippen molar-refractivity contribution >= 4 is 32.3 Å². The third-order valence-electron chi connectivity index (χ3n) is 4.47. The quantitative estimate of drug-likeness (QED) is 0.167. The van der Waals surface area contributed by atoms with E-state index in [0.29, 0.717) is 11.4 Å². The van der Waals surface area contributed by atoms with Gasteiger partial charge in [-0.25, -0.2) is 9.78 Å². The molecule has 0 amide bonds. The number of phenols is 1. The molecule has 0 aliphatic rings. The maximum absolute atomic E-state index is 12.7. The van der Waals surface area contributed by atoms with Crippen molar-refractivity contribution in [2.75, 3.05) is 0 Å². The molecule has 0 fully saturated rings. The van der Waals surface area contributed by atoms with Gasteiger partial charge >= 0.3 is 29.6 Å². The fraction of sp³-hybridized carbons (Fsp3) is 0.0500. The number of rotatable bonds is 4. The number of benzene rings is 3.